The zero-order chi connectivity index (χ0) is 22.4. The van der Waals surface area contributed by atoms with E-state index in [1.54, 1.807) is 43.4 Å². The van der Waals surface area contributed by atoms with Crippen LogP contribution in [-0.4, -0.2) is 56.1 Å². The predicted octanol–water partition coefficient (Wildman–Crippen LogP) is 3.05. The number of rotatable bonds is 9. The molecule has 1 unspecified atom stereocenters. The standard InChI is InChI=1S/C23H30N2O5S/c1-18(23(26)24-14-4-5-15-24)31(27,28)25(16-19-6-10-21(29-2)11-7-19)17-20-8-12-22(30-3)13-9-20/h6-13,18H,4-5,14-17H2,1-3H3. The van der Waals surface area contributed by atoms with E-state index < -0.39 is 15.3 Å². The highest BCUT2D eigenvalue weighted by Gasteiger charge is 2.37. The van der Waals surface area contributed by atoms with Gasteiger partial charge in [0.15, 0.2) is 5.25 Å². The van der Waals surface area contributed by atoms with E-state index in [1.165, 1.54) is 11.2 Å². The molecular formula is C23H30N2O5S. The van der Waals surface area contributed by atoms with Gasteiger partial charge in [-0.1, -0.05) is 24.3 Å². The monoisotopic (exact) mass is 446 g/mol. The molecule has 0 radical (unpaired) electrons. The lowest BCUT2D eigenvalue weighted by Crippen LogP contribution is -2.46. The minimum absolute atomic E-state index is 0.163. The van der Waals surface area contributed by atoms with E-state index in [2.05, 4.69) is 0 Å². The molecule has 1 aliphatic heterocycles. The molecule has 0 saturated carbocycles. The van der Waals surface area contributed by atoms with Gasteiger partial charge in [-0.15, -0.1) is 0 Å². The molecule has 0 N–H and O–H groups in total. The normalized spacial score (nSPS) is 15.2. The number of hydrogen-bond donors (Lipinski definition) is 0. The molecule has 1 heterocycles. The molecule has 2 aromatic carbocycles. The summed E-state index contributed by atoms with van der Waals surface area (Å²) in [7, 11) is -0.717. The third-order valence-electron chi connectivity index (χ3n) is 5.61. The lowest BCUT2D eigenvalue weighted by molar-refractivity contribution is -0.129. The molecule has 1 amide bonds. The predicted molar refractivity (Wildman–Crippen MR) is 119 cm³/mol. The minimum Gasteiger partial charge on any atom is -0.497 e. The smallest absolute Gasteiger partial charge is 0.242 e. The quantitative estimate of drug-likeness (QED) is 0.592. The number of likely N-dealkylation sites (tertiary alicyclic amines) is 1. The number of hydrogen-bond acceptors (Lipinski definition) is 5. The fraction of sp³-hybridized carbons (Fsp3) is 0.435. The van der Waals surface area contributed by atoms with Crippen molar-refractivity contribution in [3.63, 3.8) is 0 Å². The van der Waals surface area contributed by atoms with Crippen LogP contribution in [-0.2, 0) is 27.9 Å². The highest BCUT2D eigenvalue weighted by molar-refractivity contribution is 7.90. The molecule has 31 heavy (non-hydrogen) atoms. The molecule has 3 rings (SSSR count). The van der Waals surface area contributed by atoms with Crippen molar-refractivity contribution in [1.82, 2.24) is 9.21 Å². The van der Waals surface area contributed by atoms with E-state index in [-0.39, 0.29) is 19.0 Å². The molecule has 0 aromatic heterocycles. The van der Waals surface area contributed by atoms with Crippen molar-refractivity contribution in [3.8, 4) is 11.5 Å². The van der Waals surface area contributed by atoms with Gasteiger partial charge in [0.1, 0.15) is 11.5 Å². The van der Waals surface area contributed by atoms with Gasteiger partial charge in [-0.25, -0.2) is 8.42 Å². The van der Waals surface area contributed by atoms with Crippen LogP contribution in [0.4, 0.5) is 0 Å². The summed E-state index contributed by atoms with van der Waals surface area (Å²) in [5.41, 5.74) is 1.64. The largest absolute Gasteiger partial charge is 0.497 e. The summed E-state index contributed by atoms with van der Waals surface area (Å²) >= 11 is 0. The van der Waals surface area contributed by atoms with Crippen LogP contribution in [0.1, 0.15) is 30.9 Å². The van der Waals surface area contributed by atoms with Crippen molar-refractivity contribution in [2.45, 2.75) is 38.1 Å². The zero-order valence-corrected chi connectivity index (χ0v) is 19.1. The first-order chi connectivity index (χ1) is 14.8. The molecule has 1 aliphatic rings. The minimum atomic E-state index is -3.89. The highest BCUT2D eigenvalue weighted by Crippen LogP contribution is 2.23. The number of carbonyl (C=O) groups excluding carboxylic acids is 1. The second-order valence-corrected chi connectivity index (χ2v) is 9.94. The first-order valence-corrected chi connectivity index (χ1v) is 11.9. The Bertz CT molecular complexity index is 919. The Morgan fingerprint density at radius 2 is 1.32 bits per heavy atom. The van der Waals surface area contributed by atoms with Crippen LogP contribution in [0.15, 0.2) is 48.5 Å². The number of carbonyl (C=O) groups is 1. The number of benzene rings is 2. The Morgan fingerprint density at radius 1 is 0.903 bits per heavy atom. The van der Waals surface area contributed by atoms with Crippen LogP contribution < -0.4 is 9.47 Å². The van der Waals surface area contributed by atoms with Crippen molar-refractivity contribution in [2.75, 3.05) is 27.3 Å². The molecule has 0 aliphatic carbocycles. The summed E-state index contributed by atoms with van der Waals surface area (Å²) in [6.07, 6.45) is 1.83. The second-order valence-electron chi connectivity index (χ2n) is 7.68. The molecular weight excluding hydrogens is 416 g/mol. The van der Waals surface area contributed by atoms with Gasteiger partial charge in [0.05, 0.1) is 14.2 Å². The van der Waals surface area contributed by atoms with Gasteiger partial charge in [-0.3, -0.25) is 4.79 Å². The van der Waals surface area contributed by atoms with Crippen LogP contribution >= 0.6 is 0 Å². The van der Waals surface area contributed by atoms with E-state index in [4.69, 9.17) is 9.47 Å². The fourth-order valence-electron chi connectivity index (χ4n) is 3.65. The van der Waals surface area contributed by atoms with Gasteiger partial charge < -0.3 is 14.4 Å². The topological polar surface area (TPSA) is 76.1 Å². The maximum absolute atomic E-state index is 13.5. The lowest BCUT2D eigenvalue weighted by Gasteiger charge is -2.28. The SMILES string of the molecule is COc1ccc(CN(Cc2ccc(OC)cc2)S(=O)(=O)C(C)C(=O)N2CCCC2)cc1. The number of nitrogens with zero attached hydrogens (tertiary/aromatic N) is 2. The third-order valence-corrected chi connectivity index (χ3v) is 7.68. The fourth-order valence-corrected chi connectivity index (χ4v) is 5.16. The molecule has 8 heteroatoms. The van der Waals surface area contributed by atoms with E-state index in [9.17, 15) is 13.2 Å². The van der Waals surface area contributed by atoms with E-state index in [0.29, 0.717) is 24.6 Å². The first-order valence-electron chi connectivity index (χ1n) is 10.4. The number of amides is 1. The van der Waals surface area contributed by atoms with Gasteiger partial charge >= 0.3 is 0 Å². The van der Waals surface area contributed by atoms with Gasteiger partial charge in [0.25, 0.3) is 0 Å². The van der Waals surface area contributed by atoms with Crippen LogP contribution in [0, 0.1) is 0 Å². The maximum Gasteiger partial charge on any atom is 0.242 e. The maximum atomic E-state index is 13.5. The van der Waals surface area contributed by atoms with Crippen molar-refractivity contribution >= 4 is 15.9 Å². The van der Waals surface area contributed by atoms with E-state index >= 15 is 0 Å². The summed E-state index contributed by atoms with van der Waals surface area (Å²) in [6.45, 7) is 3.06. The summed E-state index contributed by atoms with van der Waals surface area (Å²) in [6, 6.07) is 14.5. The van der Waals surface area contributed by atoms with Crippen molar-refractivity contribution < 1.29 is 22.7 Å². The molecule has 0 bridgehead atoms. The van der Waals surface area contributed by atoms with Crippen molar-refractivity contribution in [3.05, 3.63) is 59.7 Å². The van der Waals surface area contributed by atoms with Gasteiger partial charge in [0.2, 0.25) is 15.9 Å². The Kier molecular flexibility index (Phi) is 7.56. The lowest BCUT2D eigenvalue weighted by atomic mass is 10.2. The Morgan fingerprint density at radius 3 is 1.71 bits per heavy atom. The van der Waals surface area contributed by atoms with E-state index in [0.717, 1.165) is 24.0 Å². The van der Waals surface area contributed by atoms with Crippen molar-refractivity contribution in [2.24, 2.45) is 0 Å². The molecule has 1 fully saturated rings. The summed E-state index contributed by atoms with van der Waals surface area (Å²) in [5.74, 6) is 1.07. The number of methoxy groups -OCH3 is 2. The first kappa shape index (κ1) is 23.1. The van der Waals surface area contributed by atoms with Crippen LogP contribution in [0.25, 0.3) is 0 Å². The van der Waals surface area contributed by atoms with E-state index in [1.807, 2.05) is 24.3 Å². The van der Waals surface area contributed by atoms with Gasteiger partial charge in [-0.2, -0.15) is 4.31 Å². The van der Waals surface area contributed by atoms with Crippen LogP contribution in [0.5, 0.6) is 11.5 Å². The zero-order valence-electron chi connectivity index (χ0n) is 18.3. The van der Waals surface area contributed by atoms with Crippen LogP contribution in [0.2, 0.25) is 0 Å². The average Bonchev–Trinajstić information content (AvgIpc) is 3.33. The summed E-state index contributed by atoms with van der Waals surface area (Å²) < 4.78 is 38.8. The molecule has 0 spiro atoms. The van der Waals surface area contributed by atoms with Gasteiger partial charge in [-0.05, 0) is 55.2 Å². The van der Waals surface area contributed by atoms with Crippen molar-refractivity contribution in [1.29, 1.82) is 0 Å². The summed E-state index contributed by atoms with van der Waals surface area (Å²) in [5, 5.41) is -1.14. The van der Waals surface area contributed by atoms with Gasteiger partial charge in [0, 0.05) is 26.2 Å². The Hall–Kier alpha value is -2.58. The van der Waals surface area contributed by atoms with Crippen LogP contribution in [0.3, 0.4) is 0 Å². The summed E-state index contributed by atoms with van der Waals surface area (Å²) in [4.78, 5) is 14.5. The third kappa shape index (κ3) is 5.57. The molecule has 2 aromatic rings. The highest BCUT2D eigenvalue weighted by atomic mass is 32.2. The number of ether oxygens (including phenoxy) is 2. The molecule has 168 valence electrons. The molecule has 1 saturated heterocycles. The molecule has 7 nitrogen and oxygen atoms in total. The Balaban J connectivity index is 1.87. The second kappa shape index (κ2) is 10.2. The molecule has 1 atom stereocenters. The number of sulfonamides is 1. The Labute approximate surface area is 184 Å². The average molecular weight is 447 g/mol.